The zero-order chi connectivity index (χ0) is 9.90. The molecule has 0 bridgehead atoms. The molecule has 0 aromatic carbocycles. The first-order chi connectivity index (χ1) is 6.05. The normalized spacial score (nSPS) is 11.2. The van der Waals surface area contributed by atoms with Gasteiger partial charge in [-0.3, -0.25) is 9.52 Å². The van der Waals surface area contributed by atoms with Crippen LogP contribution in [0.1, 0.15) is 6.92 Å². The monoisotopic (exact) mass is 202 g/mol. The van der Waals surface area contributed by atoms with Crippen molar-refractivity contribution in [1.29, 1.82) is 0 Å². The topological polar surface area (TPSA) is 91.9 Å². The van der Waals surface area contributed by atoms with Gasteiger partial charge in [0.1, 0.15) is 11.9 Å². The first kappa shape index (κ1) is 9.72. The van der Waals surface area contributed by atoms with Crippen LogP contribution in [0, 0.1) is 6.20 Å². The number of hydrogen-bond acceptors (Lipinski definition) is 4. The van der Waals surface area contributed by atoms with Gasteiger partial charge in [0.15, 0.2) is 0 Å². The second-order valence-corrected chi connectivity index (χ2v) is 4.26. The molecule has 1 heterocycles. The number of anilines is 1. The highest BCUT2D eigenvalue weighted by molar-refractivity contribution is 7.92. The molecule has 0 spiro atoms. The van der Waals surface area contributed by atoms with E-state index in [2.05, 4.69) is 21.1 Å². The van der Waals surface area contributed by atoms with Crippen LogP contribution in [-0.4, -0.2) is 24.4 Å². The molecule has 0 aliphatic carbocycles. The molecule has 0 atom stereocenters. The van der Waals surface area contributed by atoms with E-state index in [9.17, 15) is 13.2 Å². The molecule has 0 aliphatic heterocycles. The molecule has 0 aliphatic rings. The van der Waals surface area contributed by atoms with Crippen molar-refractivity contribution < 1.29 is 8.42 Å². The molecule has 1 rings (SSSR count). The fraction of sp³-hybridized carbons (Fsp3) is 0.333. The molecule has 2 N–H and O–H groups in total. The summed E-state index contributed by atoms with van der Waals surface area (Å²) in [5.74, 6) is -0.0885. The lowest BCUT2D eigenvalue weighted by Crippen LogP contribution is -2.21. The molecule has 71 valence electrons. The molecule has 0 saturated carbocycles. The molecule has 13 heavy (non-hydrogen) atoms. The van der Waals surface area contributed by atoms with Crippen LogP contribution in [0.3, 0.4) is 0 Å². The second kappa shape index (κ2) is 3.56. The Morgan fingerprint density at radius 2 is 2.38 bits per heavy atom. The smallest absolute Gasteiger partial charge is 0.278 e. The SMILES string of the molecule is CCS(=O)(=O)Nc1c[c]n[nH]c1=O. The first-order valence-corrected chi connectivity index (χ1v) is 5.16. The number of rotatable bonds is 3. The van der Waals surface area contributed by atoms with Crippen LogP contribution in [0.2, 0.25) is 0 Å². The van der Waals surface area contributed by atoms with E-state index in [0.29, 0.717) is 0 Å². The summed E-state index contributed by atoms with van der Waals surface area (Å²) in [6.45, 7) is 1.47. The predicted octanol–water partition coefficient (Wildman–Crippen LogP) is -0.668. The maximum absolute atomic E-state index is 11.0. The predicted molar refractivity (Wildman–Crippen MR) is 46.8 cm³/mol. The number of nitrogens with zero attached hydrogens (tertiary/aromatic N) is 1. The summed E-state index contributed by atoms with van der Waals surface area (Å²) in [6, 6.07) is 1.17. The van der Waals surface area contributed by atoms with Crippen molar-refractivity contribution in [3.05, 3.63) is 22.6 Å². The summed E-state index contributed by atoms with van der Waals surface area (Å²) in [7, 11) is -3.41. The first-order valence-electron chi connectivity index (χ1n) is 3.51. The Morgan fingerprint density at radius 3 is 2.92 bits per heavy atom. The summed E-state index contributed by atoms with van der Waals surface area (Å²) in [6.07, 6.45) is 2.32. The molecule has 1 aromatic rings. The minimum atomic E-state index is -3.41. The number of nitrogens with one attached hydrogen (secondary N) is 2. The standard InChI is InChI=1S/C6H8N3O3S/c1-2-13(11,12)9-5-3-4-7-8-6(5)10/h3H,2H2,1H3,(H,7,9)(H,8,10). The number of sulfonamides is 1. The Bertz CT molecular complexity index is 436. The molecule has 0 fully saturated rings. The average molecular weight is 202 g/mol. The van der Waals surface area contributed by atoms with Gasteiger partial charge in [-0.1, -0.05) is 0 Å². The summed E-state index contributed by atoms with van der Waals surface area (Å²) in [5, 5.41) is 5.36. The van der Waals surface area contributed by atoms with Gasteiger partial charge in [0.2, 0.25) is 10.0 Å². The molecule has 1 radical (unpaired) electrons. The fourth-order valence-corrected chi connectivity index (χ4v) is 1.25. The van der Waals surface area contributed by atoms with Crippen LogP contribution in [0.25, 0.3) is 0 Å². The number of aromatic nitrogens is 2. The summed E-state index contributed by atoms with van der Waals surface area (Å²) >= 11 is 0. The summed E-state index contributed by atoms with van der Waals surface area (Å²) in [4.78, 5) is 10.9. The molecule has 0 amide bonds. The lowest BCUT2D eigenvalue weighted by Gasteiger charge is -2.02. The molecule has 7 heteroatoms. The average Bonchev–Trinajstić information content (AvgIpc) is 2.09. The van der Waals surface area contributed by atoms with Crippen molar-refractivity contribution >= 4 is 15.7 Å². The van der Waals surface area contributed by atoms with Crippen LogP contribution < -0.4 is 10.3 Å². The largest absolute Gasteiger partial charge is 0.288 e. The van der Waals surface area contributed by atoms with Gasteiger partial charge >= 0.3 is 0 Å². The van der Waals surface area contributed by atoms with Crippen LogP contribution >= 0.6 is 0 Å². The van der Waals surface area contributed by atoms with Gasteiger partial charge in [0.25, 0.3) is 5.56 Å². The molecule has 1 aromatic heterocycles. The third-order valence-corrected chi connectivity index (χ3v) is 2.61. The molecular weight excluding hydrogens is 194 g/mol. The van der Waals surface area contributed by atoms with Crippen molar-refractivity contribution in [2.75, 3.05) is 10.5 Å². The quantitative estimate of drug-likeness (QED) is 0.680. The number of aromatic amines is 1. The van der Waals surface area contributed by atoms with E-state index in [0.717, 1.165) is 0 Å². The zero-order valence-electron chi connectivity index (χ0n) is 6.86. The van der Waals surface area contributed by atoms with Crippen molar-refractivity contribution in [3.8, 4) is 0 Å². The molecule has 0 saturated heterocycles. The van der Waals surface area contributed by atoms with E-state index < -0.39 is 15.6 Å². The Morgan fingerprint density at radius 1 is 1.69 bits per heavy atom. The van der Waals surface area contributed by atoms with Crippen LogP contribution in [0.4, 0.5) is 5.69 Å². The van der Waals surface area contributed by atoms with E-state index in [1.54, 1.807) is 0 Å². The van der Waals surface area contributed by atoms with E-state index in [-0.39, 0.29) is 11.4 Å². The van der Waals surface area contributed by atoms with E-state index in [4.69, 9.17) is 0 Å². The van der Waals surface area contributed by atoms with E-state index >= 15 is 0 Å². The number of H-pyrrole nitrogens is 1. The third kappa shape index (κ3) is 2.55. The summed E-state index contributed by atoms with van der Waals surface area (Å²) < 4.78 is 24.1. The van der Waals surface area contributed by atoms with Crippen molar-refractivity contribution in [3.63, 3.8) is 0 Å². The molecular formula is C6H8N3O3S. The maximum atomic E-state index is 11.0. The summed E-state index contributed by atoms with van der Waals surface area (Å²) in [5.41, 5.74) is -0.660. The second-order valence-electron chi connectivity index (χ2n) is 2.25. The minimum absolute atomic E-state index is 0.0724. The zero-order valence-corrected chi connectivity index (χ0v) is 7.68. The number of hydrogen-bond donors (Lipinski definition) is 2. The highest BCUT2D eigenvalue weighted by atomic mass is 32.2. The highest BCUT2D eigenvalue weighted by Gasteiger charge is 2.08. The Kier molecular flexibility index (Phi) is 2.66. The van der Waals surface area contributed by atoms with Gasteiger partial charge < -0.3 is 0 Å². The van der Waals surface area contributed by atoms with E-state index in [1.165, 1.54) is 13.0 Å². The van der Waals surface area contributed by atoms with Gasteiger partial charge in [-0.05, 0) is 13.0 Å². The Labute approximate surface area is 75.0 Å². The Balaban J connectivity index is 3.00. The molecule has 0 unspecified atom stereocenters. The molecule has 6 nitrogen and oxygen atoms in total. The van der Waals surface area contributed by atoms with E-state index in [1.807, 2.05) is 0 Å². The van der Waals surface area contributed by atoms with Crippen molar-refractivity contribution in [2.24, 2.45) is 0 Å². The minimum Gasteiger partial charge on any atom is -0.278 e. The lowest BCUT2D eigenvalue weighted by atomic mass is 10.5. The van der Waals surface area contributed by atoms with Crippen LogP contribution in [-0.2, 0) is 10.0 Å². The lowest BCUT2D eigenvalue weighted by molar-refractivity contribution is 0.602. The van der Waals surface area contributed by atoms with Gasteiger partial charge in [0.05, 0.1) is 5.75 Å². The maximum Gasteiger partial charge on any atom is 0.288 e. The van der Waals surface area contributed by atoms with Gasteiger partial charge in [-0.2, -0.15) is 5.10 Å². The van der Waals surface area contributed by atoms with Gasteiger partial charge in [0, 0.05) is 0 Å². The van der Waals surface area contributed by atoms with Crippen molar-refractivity contribution in [1.82, 2.24) is 10.2 Å². The fourth-order valence-electron chi connectivity index (χ4n) is 0.621. The Hall–Kier alpha value is -1.37. The van der Waals surface area contributed by atoms with Crippen molar-refractivity contribution in [2.45, 2.75) is 6.92 Å². The highest BCUT2D eigenvalue weighted by Crippen LogP contribution is 1.98. The van der Waals surface area contributed by atoms with Crippen LogP contribution in [0.15, 0.2) is 10.9 Å². The van der Waals surface area contributed by atoms with Crippen LogP contribution in [0.5, 0.6) is 0 Å². The van der Waals surface area contributed by atoms with Gasteiger partial charge in [-0.15, -0.1) is 0 Å². The van der Waals surface area contributed by atoms with Gasteiger partial charge in [-0.25, -0.2) is 13.5 Å². The third-order valence-electron chi connectivity index (χ3n) is 1.32.